The van der Waals surface area contributed by atoms with Crippen molar-refractivity contribution in [2.24, 2.45) is 0 Å². The normalized spacial score (nSPS) is 21.1. The Balaban J connectivity index is 1.24. The van der Waals surface area contributed by atoms with Gasteiger partial charge in [-0.05, 0) is 116 Å². The van der Waals surface area contributed by atoms with Gasteiger partial charge in [0.25, 0.3) is 5.91 Å². The van der Waals surface area contributed by atoms with Gasteiger partial charge in [-0.2, -0.15) is 0 Å². The van der Waals surface area contributed by atoms with E-state index in [4.69, 9.17) is 9.97 Å². The zero-order valence-corrected chi connectivity index (χ0v) is 29.5. The van der Waals surface area contributed by atoms with Gasteiger partial charge in [-0.15, -0.1) is 0 Å². The predicted octanol–water partition coefficient (Wildman–Crippen LogP) is 7.46. The smallest absolute Gasteiger partial charge is 0.251 e. The van der Waals surface area contributed by atoms with E-state index in [2.05, 4.69) is 57.0 Å². The van der Waals surface area contributed by atoms with Gasteiger partial charge >= 0.3 is 0 Å². The van der Waals surface area contributed by atoms with E-state index in [0.717, 1.165) is 51.9 Å². The average molecular weight is 666 g/mol. The summed E-state index contributed by atoms with van der Waals surface area (Å²) < 4.78 is 15.2. The van der Waals surface area contributed by atoms with E-state index in [1.54, 1.807) is 13.0 Å². The summed E-state index contributed by atoms with van der Waals surface area (Å²) in [6.07, 6.45) is 7.72. The van der Waals surface area contributed by atoms with E-state index in [9.17, 15) is 14.0 Å². The van der Waals surface area contributed by atoms with Crippen LogP contribution in [0.4, 0.5) is 21.6 Å². The number of pyridine rings is 1. The number of carbonyl (C=O) groups is 2. The Morgan fingerprint density at radius 3 is 2.49 bits per heavy atom. The lowest BCUT2D eigenvalue weighted by Gasteiger charge is -2.48. The van der Waals surface area contributed by atoms with Gasteiger partial charge in [-0.25, -0.2) is 14.4 Å². The van der Waals surface area contributed by atoms with Crippen LogP contribution in [0.5, 0.6) is 0 Å². The second-order valence-electron chi connectivity index (χ2n) is 15.1. The third kappa shape index (κ3) is 5.98. The Morgan fingerprint density at radius 1 is 1.02 bits per heavy atom. The Morgan fingerprint density at radius 2 is 1.78 bits per heavy atom. The lowest BCUT2D eigenvalue weighted by molar-refractivity contribution is -0.123. The molecule has 0 unspecified atom stereocenters. The van der Waals surface area contributed by atoms with Crippen molar-refractivity contribution in [1.82, 2.24) is 24.8 Å². The number of nitrogens with one attached hydrogen (secondary N) is 2. The highest BCUT2D eigenvalue weighted by Gasteiger charge is 2.50. The van der Waals surface area contributed by atoms with Gasteiger partial charge in [0.15, 0.2) is 5.82 Å². The molecule has 2 aliphatic heterocycles. The number of alkyl halides is 1. The second-order valence-corrected chi connectivity index (χ2v) is 15.1. The van der Waals surface area contributed by atoms with Gasteiger partial charge in [0.05, 0.1) is 29.0 Å². The number of aromatic nitrogens is 3. The van der Waals surface area contributed by atoms with E-state index in [-0.39, 0.29) is 23.9 Å². The number of fused-ring (bicyclic) bond motifs is 2. The topological polar surface area (TPSA) is 95.4 Å². The van der Waals surface area contributed by atoms with Crippen molar-refractivity contribution < 1.29 is 14.0 Å². The van der Waals surface area contributed by atoms with E-state index in [1.165, 1.54) is 32.4 Å². The van der Waals surface area contributed by atoms with E-state index < -0.39 is 18.1 Å². The minimum Gasteiger partial charge on any atom is -0.347 e. The zero-order chi connectivity index (χ0) is 34.6. The highest BCUT2D eigenvalue weighted by molar-refractivity contribution is 6.09. The number of hydrogen-bond donors (Lipinski definition) is 2. The minimum absolute atomic E-state index is 0.137. The first kappa shape index (κ1) is 33.2. The minimum atomic E-state index is -0.636. The SMILES string of the molecule is Cc1ccc(Nc2nc(-c3ccc4c(c3)N(C3CC(N5CCCCC5)C3)C(=O)C4(C)C)cc3ncn(C(C)C)c23)cc1C(=O)N[C@@H](C)CF. The molecular weight excluding hydrogens is 617 g/mol. The van der Waals surface area contributed by atoms with Gasteiger partial charge in [0.2, 0.25) is 5.91 Å². The third-order valence-corrected chi connectivity index (χ3v) is 10.8. The number of benzene rings is 2. The number of rotatable bonds is 9. The van der Waals surface area contributed by atoms with Crippen LogP contribution in [-0.2, 0) is 10.2 Å². The number of carbonyl (C=O) groups excluding carboxylic acids is 2. The van der Waals surface area contributed by atoms with Crippen LogP contribution < -0.4 is 15.5 Å². The van der Waals surface area contributed by atoms with Crippen LogP contribution in [0.25, 0.3) is 22.3 Å². The van der Waals surface area contributed by atoms with Crippen molar-refractivity contribution in [3.8, 4) is 11.3 Å². The van der Waals surface area contributed by atoms with Gasteiger partial charge < -0.3 is 25.0 Å². The molecule has 4 aromatic rings. The molecule has 9 nitrogen and oxygen atoms in total. The van der Waals surface area contributed by atoms with E-state index in [1.807, 2.05) is 45.3 Å². The van der Waals surface area contributed by atoms with Crippen LogP contribution in [0, 0.1) is 6.92 Å². The largest absolute Gasteiger partial charge is 0.347 e. The van der Waals surface area contributed by atoms with Crippen LogP contribution in [0.2, 0.25) is 0 Å². The zero-order valence-electron chi connectivity index (χ0n) is 29.5. The van der Waals surface area contributed by atoms with Crippen LogP contribution in [-0.4, -0.2) is 69.1 Å². The predicted molar refractivity (Wildman–Crippen MR) is 193 cm³/mol. The fourth-order valence-electron chi connectivity index (χ4n) is 7.77. The molecule has 1 atom stereocenters. The summed E-state index contributed by atoms with van der Waals surface area (Å²) in [6, 6.07) is 14.2. The molecule has 49 heavy (non-hydrogen) atoms. The number of nitrogens with zero attached hydrogens (tertiary/aromatic N) is 5. The summed E-state index contributed by atoms with van der Waals surface area (Å²) >= 11 is 0. The highest BCUT2D eigenvalue weighted by Crippen LogP contribution is 2.48. The fraction of sp³-hybridized carbons (Fsp3) is 0.487. The number of halogens is 1. The molecule has 7 rings (SSSR count). The van der Waals surface area contributed by atoms with Crippen molar-refractivity contribution in [3.05, 3.63) is 65.5 Å². The monoisotopic (exact) mass is 665 g/mol. The Hall–Kier alpha value is -4.31. The molecule has 2 aromatic heterocycles. The first-order valence-electron chi connectivity index (χ1n) is 17.8. The number of hydrogen-bond acceptors (Lipinski definition) is 6. The second kappa shape index (κ2) is 12.9. The summed E-state index contributed by atoms with van der Waals surface area (Å²) in [6.45, 7) is 13.5. The first-order valence-corrected chi connectivity index (χ1v) is 17.8. The molecule has 4 heterocycles. The van der Waals surface area contributed by atoms with E-state index >= 15 is 0 Å². The average Bonchev–Trinajstić information content (AvgIpc) is 3.59. The Bertz CT molecular complexity index is 1900. The molecule has 10 heteroatoms. The van der Waals surface area contributed by atoms with Crippen molar-refractivity contribution in [2.75, 3.05) is 30.0 Å². The molecule has 1 saturated carbocycles. The molecule has 2 aromatic carbocycles. The molecule has 2 amide bonds. The maximum atomic E-state index is 14.0. The Labute approximate surface area is 288 Å². The van der Waals surface area contributed by atoms with Crippen molar-refractivity contribution in [1.29, 1.82) is 0 Å². The summed E-state index contributed by atoms with van der Waals surface area (Å²) in [4.78, 5) is 41.6. The molecular formula is C39H48FN7O2. The number of amides is 2. The molecule has 1 aliphatic carbocycles. The van der Waals surface area contributed by atoms with Crippen molar-refractivity contribution >= 4 is 40.0 Å². The molecule has 0 bridgehead atoms. The van der Waals surface area contributed by atoms with Crippen molar-refractivity contribution in [3.63, 3.8) is 0 Å². The van der Waals surface area contributed by atoms with E-state index in [0.29, 0.717) is 23.1 Å². The summed E-state index contributed by atoms with van der Waals surface area (Å²) in [5.41, 5.74) is 6.69. The van der Waals surface area contributed by atoms with Gasteiger partial charge in [0.1, 0.15) is 12.2 Å². The van der Waals surface area contributed by atoms with Crippen LogP contribution in [0.15, 0.2) is 48.8 Å². The molecule has 1 saturated heterocycles. The first-order chi connectivity index (χ1) is 23.5. The Kier molecular flexibility index (Phi) is 8.71. The van der Waals surface area contributed by atoms with Gasteiger partial charge in [-0.3, -0.25) is 9.59 Å². The van der Waals surface area contributed by atoms with Crippen LogP contribution >= 0.6 is 0 Å². The quantitative estimate of drug-likeness (QED) is 0.193. The molecule has 2 fully saturated rings. The van der Waals surface area contributed by atoms with Gasteiger partial charge in [-0.1, -0.05) is 24.6 Å². The highest BCUT2D eigenvalue weighted by atomic mass is 19.1. The van der Waals surface area contributed by atoms with Crippen molar-refractivity contribution in [2.45, 2.75) is 103 Å². The number of aryl methyl sites for hydroxylation is 1. The fourth-order valence-corrected chi connectivity index (χ4v) is 7.77. The molecule has 3 aliphatic rings. The van der Waals surface area contributed by atoms with Gasteiger partial charge in [0, 0.05) is 40.6 Å². The number of anilines is 3. The number of likely N-dealkylation sites (tertiary alicyclic amines) is 1. The summed E-state index contributed by atoms with van der Waals surface area (Å²) in [7, 11) is 0. The van der Waals surface area contributed by atoms with Crippen LogP contribution in [0.1, 0.15) is 94.2 Å². The van der Waals surface area contributed by atoms with Crippen LogP contribution in [0.3, 0.4) is 0 Å². The lowest BCUT2D eigenvalue weighted by atomic mass is 9.82. The lowest BCUT2D eigenvalue weighted by Crippen LogP contribution is -2.57. The number of imidazole rings is 1. The maximum Gasteiger partial charge on any atom is 0.251 e. The molecule has 0 radical (unpaired) electrons. The molecule has 2 N–H and O–H groups in total. The third-order valence-electron chi connectivity index (χ3n) is 10.8. The molecule has 258 valence electrons. The maximum absolute atomic E-state index is 14.0. The summed E-state index contributed by atoms with van der Waals surface area (Å²) in [5.74, 6) is 0.464. The standard InChI is InChI=1S/C39H48FN7O2/c1-23(2)46-22-41-33-20-32(44-36(35(33)46)43-27-12-10-24(3)30(17-27)37(48)42-25(4)21-40)26-11-13-31-34(16-26)47(38(49)39(31,5)6)29-18-28(19-29)45-14-8-7-9-15-45/h10-13,16-17,20,22-23,25,28-29H,7-9,14-15,18-19,21H2,1-6H3,(H,42,48)(H,43,44)/t25-,28?,29?/m0/s1. The summed E-state index contributed by atoms with van der Waals surface area (Å²) in [5, 5.41) is 6.21. The number of piperidine rings is 1. The molecule has 0 spiro atoms.